The van der Waals surface area contributed by atoms with Crippen LogP contribution in [-0.2, 0) is 14.8 Å². The Morgan fingerprint density at radius 1 is 1.04 bits per heavy atom. The van der Waals surface area contributed by atoms with Crippen molar-refractivity contribution in [3.8, 4) is 0 Å². The first-order valence-electron chi connectivity index (χ1n) is 7.42. The molecule has 2 N–H and O–H groups in total. The summed E-state index contributed by atoms with van der Waals surface area (Å²) in [5.41, 5.74) is 3.22. The van der Waals surface area contributed by atoms with Crippen molar-refractivity contribution in [3.63, 3.8) is 0 Å². The van der Waals surface area contributed by atoms with Crippen LogP contribution in [0.1, 0.15) is 16.7 Å². The first-order chi connectivity index (χ1) is 11.3. The number of carbonyl (C=O) groups excluding carboxylic acids is 1. The van der Waals surface area contributed by atoms with Crippen LogP contribution in [0.15, 0.2) is 53.4 Å². The van der Waals surface area contributed by atoms with Gasteiger partial charge in [0.15, 0.2) is 0 Å². The Hall–Kier alpha value is -2.60. The Bertz CT molecular complexity index is 870. The molecule has 0 bridgehead atoms. The number of amides is 1. The minimum absolute atomic E-state index is 0.167. The summed E-state index contributed by atoms with van der Waals surface area (Å²) in [5, 5.41) is 2.48. The fourth-order valence-electron chi connectivity index (χ4n) is 2.08. The number of hydrogen-bond donors (Lipinski definition) is 2. The van der Waals surface area contributed by atoms with Gasteiger partial charge < -0.3 is 5.32 Å². The summed E-state index contributed by atoms with van der Waals surface area (Å²) in [7, 11) is -2.12. The summed E-state index contributed by atoms with van der Waals surface area (Å²) in [4.78, 5) is 11.3. The van der Waals surface area contributed by atoms with Crippen molar-refractivity contribution in [2.75, 3.05) is 11.8 Å². The highest BCUT2D eigenvalue weighted by molar-refractivity contribution is 7.92. The number of benzene rings is 2. The Morgan fingerprint density at radius 2 is 1.71 bits per heavy atom. The normalized spacial score (nSPS) is 11.5. The molecule has 0 saturated carbocycles. The molecule has 0 spiro atoms. The summed E-state index contributed by atoms with van der Waals surface area (Å²) in [6.45, 7) is 3.81. The van der Waals surface area contributed by atoms with Gasteiger partial charge in [0.05, 0.1) is 10.6 Å². The minimum atomic E-state index is -3.66. The van der Waals surface area contributed by atoms with Crippen LogP contribution in [0.4, 0.5) is 5.69 Å². The van der Waals surface area contributed by atoms with Crippen molar-refractivity contribution in [1.29, 1.82) is 0 Å². The van der Waals surface area contributed by atoms with Crippen LogP contribution in [0, 0.1) is 13.8 Å². The van der Waals surface area contributed by atoms with Crippen LogP contribution in [-0.4, -0.2) is 21.4 Å². The fraction of sp³-hybridized carbons (Fsp3) is 0.167. The van der Waals surface area contributed by atoms with E-state index in [0.717, 1.165) is 16.7 Å². The molecule has 0 aliphatic heterocycles. The molecule has 0 aliphatic rings. The molecular weight excluding hydrogens is 324 g/mol. The average molecular weight is 344 g/mol. The summed E-state index contributed by atoms with van der Waals surface area (Å²) < 4.78 is 27.6. The highest BCUT2D eigenvalue weighted by Gasteiger charge is 2.15. The third-order valence-electron chi connectivity index (χ3n) is 3.71. The number of sulfonamides is 1. The highest BCUT2D eigenvalue weighted by atomic mass is 32.2. The molecule has 1 amide bonds. The molecule has 0 radical (unpaired) electrons. The zero-order valence-electron chi connectivity index (χ0n) is 13.8. The van der Waals surface area contributed by atoms with Gasteiger partial charge in [-0.1, -0.05) is 24.3 Å². The standard InChI is InChI=1S/C18H20N2O3S/c1-13-5-4-6-17(14(13)2)20-24(22,23)16-10-7-15(8-11-16)9-12-18(21)19-3/h4-12,20H,1-3H3,(H,19,21)/b12-9+. The van der Waals surface area contributed by atoms with Crippen molar-refractivity contribution >= 4 is 27.7 Å². The van der Waals surface area contributed by atoms with Gasteiger partial charge in [-0.15, -0.1) is 0 Å². The largest absolute Gasteiger partial charge is 0.356 e. The van der Waals surface area contributed by atoms with Crippen LogP contribution in [0.2, 0.25) is 0 Å². The Labute approximate surface area is 142 Å². The van der Waals surface area contributed by atoms with Crippen molar-refractivity contribution in [2.45, 2.75) is 18.7 Å². The molecule has 5 nitrogen and oxygen atoms in total. The molecule has 0 aliphatic carbocycles. The van der Waals surface area contributed by atoms with Crippen LogP contribution < -0.4 is 10.0 Å². The van der Waals surface area contributed by atoms with Crippen molar-refractivity contribution in [3.05, 3.63) is 65.2 Å². The molecule has 6 heteroatoms. The number of likely N-dealkylation sites (N-methyl/N-ethyl adjacent to an activating group) is 1. The highest BCUT2D eigenvalue weighted by Crippen LogP contribution is 2.22. The van der Waals surface area contributed by atoms with E-state index in [1.54, 1.807) is 31.3 Å². The molecule has 0 aromatic heterocycles. The molecular formula is C18H20N2O3S. The lowest BCUT2D eigenvalue weighted by molar-refractivity contribution is -0.115. The first-order valence-corrected chi connectivity index (χ1v) is 8.90. The number of anilines is 1. The quantitative estimate of drug-likeness (QED) is 0.819. The smallest absolute Gasteiger partial charge is 0.261 e. The first kappa shape index (κ1) is 17.7. The molecule has 24 heavy (non-hydrogen) atoms. The van der Waals surface area contributed by atoms with E-state index in [4.69, 9.17) is 0 Å². The lowest BCUT2D eigenvalue weighted by atomic mass is 10.1. The number of hydrogen-bond acceptors (Lipinski definition) is 3. The Balaban J connectivity index is 2.22. The minimum Gasteiger partial charge on any atom is -0.356 e. The molecule has 2 rings (SSSR count). The van der Waals surface area contributed by atoms with E-state index in [1.807, 2.05) is 26.0 Å². The predicted octanol–water partition coefficient (Wildman–Crippen LogP) is 2.86. The second-order valence-electron chi connectivity index (χ2n) is 5.37. The maximum absolute atomic E-state index is 12.5. The zero-order valence-corrected chi connectivity index (χ0v) is 14.6. The van der Waals surface area contributed by atoms with Crippen molar-refractivity contribution < 1.29 is 13.2 Å². The van der Waals surface area contributed by atoms with Gasteiger partial charge in [0.1, 0.15) is 0 Å². The molecule has 0 heterocycles. The van der Waals surface area contributed by atoms with Gasteiger partial charge in [-0.25, -0.2) is 8.42 Å². The summed E-state index contributed by atoms with van der Waals surface area (Å²) in [6, 6.07) is 11.8. The third kappa shape index (κ3) is 4.23. The van der Waals surface area contributed by atoms with E-state index in [1.165, 1.54) is 18.2 Å². The topological polar surface area (TPSA) is 75.3 Å². The van der Waals surface area contributed by atoms with Crippen LogP contribution in [0.25, 0.3) is 6.08 Å². The van der Waals surface area contributed by atoms with E-state index < -0.39 is 10.0 Å². The predicted molar refractivity (Wildman–Crippen MR) is 96.3 cm³/mol. The van der Waals surface area contributed by atoms with E-state index >= 15 is 0 Å². The van der Waals surface area contributed by atoms with Crippen LogP contribution in [0.3, 0.4) is 0 Å². The van der Waals surface area contributed by atoms with E-state index in [9.17, 15) is 13.2 Å². The molecule has 126 valence electrons. The van der Waals surface area contributed by atoms with Gasteiger partial charge in [0.25, 0.3) is 10.0 Å². The number of aryl methyl sites for hydroxylation is 1. The van der Waals surface area contributed by atoms with Crippen LogP contribution in [0.5, 0.6) is 0 Å². The lowest BCUT2D eigenvalue weighted by Gasteiger charge is -2.12. The van der Waals surface area contributed by atoms with Gasteiger partial charge in [-0.2, -0.15) is 0 Å². The molecule has 2 aromatic carbocycles. The Morgan fingerprint density at radius 3 is 2.33 bits per heavy atom. The maximum atomic E-state index is 12.5. The van der Waals surface area contributed by atoms with Gasteiger partial charge in [-0.3, -0.25) is 9.52 Å². The maximum Gasteiger partial charge on any atom is 0.261 e. The van der Waals surface area contributed by atoms with Gasteiger partial charge in [-0.05, 0) is 54.8 Å². The van der Waals surface area contributed by atoms with E-state index in [-0.39, 0.29) is 10.8 Å². The van der Waals surface area contributed by atoms with Crippen molar-refractivity contribution in [2.24, 2.45) is 0 Å². The number of carbonyl (C=O) groups is 1. The fourth-order valence-corrected chi connectivity index (χ4v) is 3.20. The molecule has 0 saturated heterocycles. The summed E-state index contributed by atoms with van der Waals surface area (Å²) in [5.74, 6) is -0.219. The van der Waals surface area contributed by atoms with E-state index in [2.05, 4.69) is 10.0 Å². The summed E-state index contributed by atoms with van der Waals surface area (Å²) in [6.07, 6.45) is 3.01. The third-order valence-corrected chi connectivity index (χ3v) is 5.09. The molecule has 0 unspecified atom stereocenters. The molecule has 0 fully saturated rings. The summed E-state index contributed by atoms with van der Waals surface area (Å²) >= 11 is 0. The van der Waals surface area contributed by atoms with E-state index in [0.29, 0.717) is 5.69 Å². The lowest BCUT2D eigenvalue weighted by Crippen LogP contribution is -2.14. The van der Waals surface area contributed by atoms with Gasteiger partial charge in [0.2, 0.25) is 5.91 Å². The number of rotatable bonds is 5. The number of nitrogens with one attached hydrogen (secondary N) is 2. The second-order valence-corrected chi connectivity index (χ2v) is 7.05. The van der Waals surface area contributed by atoms with Crippen molar-refractivity contribution in [1.82, 2.24) is 5.32 Å². The molecule has 2 aromatic rings. The monoisotopic (exact) mass is 344 g/mol. The Kier molecular flexibility index (Phi) is 5.41. The molecule has 0 atom stereocenters. The average Bonchev–Trinajstić information content (AvgIpc) is 2.57. The van der Waals surface area contributed by atoms with Crippen LogP contribution >= 0.6 is 0 Å². The SMILES string of the molecule is CNC(=O)/C=C/c1ccc(S(=O)(=O)Nc2cccc(C)c2C)cc1. The zero-order chi connectivity index (χ0) is 17.7. The van der Waals surface area contributed by atoms with Gasteiger partial charge in [0, 0.05) is 13.1 Å². The van der Waals surface area contributed by atoms with Gasteiger partial charge >= 0.3 is 0 Å². The second kappa shape index (κ2) is 7.31.